The summed E-state index contributed by atoms with van der Waals surface area (Å²) in [5.74, 6) is -2.62. The standard InChI is InChI=1S/C11H20N2O5/c1-4-5-13(7(2)3)11(18)12-8(10(16)17)6-9(14)15/h7-8H,4-6H2,1-3H3,(H,12,18)(H,14,15)(H,16,17). The highest BCUT2D eigenvalue weighted by molar-refractivity contribution is 5.86. The van der Waals surface area contributed by atoms with Gasteiger partial charge in [-0.25, -0.2) is 9.59 Å². The molecule has 104 valence electrons. The number of carbonyl (C=O) groups is 3. The summed E-state index contributed by atoms with van der Waals surface area (Å²) in [6.07, 6.45) is 0.0986. The Labute approximate surface area is 106 Å². The van der Waals surface area contributed by atoms with Crippen molar-refractivity contribution < 1.29 is 24.6 Å². The lowest BCUT2D eigenvalue weighted by Gasteiger charge is -2.27. The molecule has 7 nitrogen and oxygen atoms in total. The van der Waals surface area contributed by atoms with Gasteiger partial charge in [0.1, 0.15) is 6.04 Å². The zero-order valence-corrected chi connectivity index (χ0v) is 10.8. The summed E-state index contributed by atoms with van der Waals surface area (Å²) in [5.41, 5.74) is 0. The Morgan fingerprint density at radius 2 is 1.78 bits per heavy atom. The van der Waals surface area contributed by atoms with E-state index in [-0.39, 0.29) is 6.04 Å². The van der Waals surface area contributed by atoms with Gasteiger partial charge in [-0.3, -0.25) is 4.79 Å². The maximum absolute atomic E-state index is 11.8. The molecule has 0 aromatic heterocycles. The average molecular weight is 260 g/mol. The highest BCUT2D eigenvalue weighted by atomic mass is 16.4. The van der Waals surface area contributed by atoms with Crippen LogP contribution in [0.4, 0.5) is 4.79 Å². The second-order valence-electron chi connectivity index (χ2n) is 4.23. The Kier molecular flexibility index (Phi) is 6.77. The van der Waals surface area contributed by atoms with Gasteiger partial charge in [0.15, 0.2) is 0 Å². The van der Waals surface area contributed by atoms with Gasteiger partial charge in [0.25, 0.3) is 0 Å². The number of rotatable bonds is 7. The lowest BCUT2D eigenvalue weighted by atomic mass is 10.2. The van der Waals surface area contributed by atoms with Crippen LogP contribution in [0.3, 0.4) is 0 Å². The molecular formula is C11H20N2O5. The summed E-state index contributed by atoms with van der Waals surface area (Å²) >= 11 is 0. The fourth-order valence-electron chi connectivity index (χ4n) is 1.44. The Morgan fingerprint density at radius 3 is 2.11 bits per heavy atom. The van der Waals surface area contributed by atoms with Crippen LogP contribution in [0.1, 0.15) is 33.6 Å². The van der Waals surface area contributed by atoms with E-state index < -0.39 is 30.4 Å². The fraction of sp³-hybridized carbons (Fsp3) is 0.727. The Balaban J connectivity index is 4.65. The van der Waals surface area contributed by atoms with Crippen LogP contribution in [-0.4, -0.2) is 51.7 Å². The molecule has 0 radical (unpaired) electrons. The number of aliphatic carboxylic acids is 2. The summed E-state index contributed by atoms with van der Waals surface area (Å²) in [4.78, 5) is 34.6. The quantitative estimate of drug-likeness (QED) is 0.626. The van der Waals surface area contributed by atoms with Crippen LogP contribution in [-0.2, 0) is 9.59 Å². The van der Waals surface area contributed by atoms with Crippen LogP contribution in [0.25, 0.3) is 0 Å². The predicted octanol–water partition coefficient (Wildman–Crippen LogP) is 0.744. The molecule has 3 N–H and O–H groups in total. The van der Waals surface area contributed by atoms with Gasteiger partial charge in [-0.15, -0.1) is 0 Å². The average Bonchev–Trinajstić information content (AvgIpc) is 2.23. The molecule has 0 rings (SSSR count). The van der Waals surface area contributed by atoms with Gasteiger partial charge in [-0.2, -0.15) is 0 Å². The van der Waals surface area contributed by atoms with Gasteiger partial charge in [-0.1, -0.05) is 6.92 Å². The van der Waals surface area contributed by atoms with Gasteiger partial charge in [0.2, 0.25) is 0 Å². The van der Waals surface area contributed by atoms with E-state index in [1.54, 1.807) is 0 Å². The SMILES string of the molecule is CCCN(C(=O)NC(CC(=O)O)C(=O)O)C(C)C. The summed E-state index contributed by atoms with van der Waals surface area (Å²) in [6.45, 7) is 6.00. The molecule has 1 atom stereocenters. The first-order valence-corrected chi connectivity index (χ1v) is 5.81. The molecule has 0 bridgehead atoms. The van der Waals surface area contributed by atoms with Crippen molar-refractivity contribution in [2.24, 2.45) is 0 Å². The molecule has 2 amide bonds. The summed E-state index contributed by atoms with van der Waals surface area (Å²) in [7, 11) is 0. The minimum Gasteiger partial charge on any atom is -0.481 e. The lowest BCUT2D eigenvalue weighted by Crippen LogP contribution is -2.51. The molecule has 0 aliphatic heterocycles. The Bertz CT molecular complexity index is 317. The zero-order valence-electron chi connectivity index (χ0n) is 10.8. The number of urea groups is 1. The van der Waals surface area contributed by atoms with E-state index in [9.17, 15) is 14.4 Å². The number of carboxylic acid groups (broad SMARTS) is 2. The first-order chi connectivity index (χ1) is 8.29. The van der Waals surface area contributed by atoms with Crippen molar-refractivity contribution in [1.82, 2.24) is 10.2 Å². The molecular weight excluding hydrogens is 240 g/mol. The lowest BCUT2D eigenvalue weighted by molar-refractivity contribution is -0.145. The minimum absolute atomic E-state index is 0.0794. The number of amides is 2. The highest BCUT2D eigenvalue weighted by Gasteiger charge is 2.26. The van der Waals surface area contributed by atoms with Crippen molar-refractivity contribution in [3.63, 3.8) is 0 Å². The smallest absolute Gasteiger partial charge is 0.326 e. The van der Waals surface area contributed by atoms with E-state index in [0.29, 0.717) is 6.54 Å². The molecule has 0 aromatic carbocycles. The van der Waals surface area contributed by atoms with Crippen molar-refractivity contribution in [3.8, 4) is 0 Å². The van der Waals surface area contributed by atoms with Crippen molar-refractivity contribution in [2.75, 3.05) is 6.54 Å². The maximum atomic E-state index is 11.8. The van der Waals surface area contributed by atoms with Gasteiger partial charge < -0.3 is 20.4 Å². The number of carboxylic acids is 2. The summed E-state index contributed by atoms with van der Waals surface area (Å²) in [5, 5.41) is 19.6. The molecule has 0 spiro atoms. The molecule has 0 saturated carbocycles. The third kappa shape index (κ3) is 5.51. The van der Waals surface area contributed by atoms with Crippen molar-refractivity contribution in [3.05, 3.63) is 0 Å². The first-order valence-electron chi connectivity index (χ1n) is 5.81. The maximum Gasteiger partial charge on any atom is 0.326 e. The van der Waals surface area contributed by atoms with Crippen molar-refractivity contribution >= 4 is 18.0 Å². The third-order valence-corrected chi connectivity index (χ3v) is 2.32. The topological polar surface area (TPSA) is 107 Å². The molecule has 0 heterocycles. The van der Waals surface area contributed by atoms with E-state index in [1.165, 1.54) is 4.90 Å². The fourth-order valence-corrected chi connectivity index (χ4v) is 1.44. The monoisotopic (exact) mass is 260 g/mol. The molecule has 0 aromatic rings. The normalized spacial score (nSPS) is 12.0. The van der Waals surface area contributed by atoms with Crippen LogP contribution >= 0.6 is 0 Å². The van der Waals surface area contributed by atoms with Gasteiger partial charge >= 0.3 is 18.0 Å². The molecule has 0 saturated heterocycles. The molecule has 0 aliphatic rings. The number of hydrogen-bond acceptors (Lipinski definition) is 3. The highest BCUT2D eigenvalue weighted by Crippen LogP contribution is 2.02. The van der Waals surface area contributed by atoms with E-state index in [0.717, 1.165) is 6.42 Å². The van der Waals surface area contributed by atoms with Crippen LogP contribution in [0, 0.1) is 0 Å². The van der Waals surface area contributed by atoms with E-state index in [2.05, 4.69) is 5.32 Å². The van der Waals surface area contributed by atoms with Crippen molar-refractivity contribution in [1.29, 1.82) is 0 Å². The number of carbonyl (C=O) groups excluding carboxylic acids is 1. The predicted molar refractivity (Wildman–Crippen MR) is 64.3 cm³/mol. The summed E-state index contributed by atoms with van der Waals surface area (Å²) < 4.78 is 0. The number of nitrogens with zero attached hydrogens (tertiary/aromatic N) is 1. The number of hydrogen-bond donors (Lipinski definition) is 3. The van der Waals surface area contributed by atoms with Gasteiger partial charge in [-0.05, 0) is 20.3 Å². The summed E-state index contributed by atoms with van der Waals surface area (Å²) in [6, 6.07) is -2.04. The molecule has 7 heteroatoms. The van der Waals surface area contributed by atoms with Crippen LogP contribution in [0.5, 0.6) is 0 Å². The number of nitrogens with one attached hydrogen (secondary N) is 1. The molecule has 1 unspecified atom stereocenters. The Morgan fingerprint density at radius 1 is 1.22 bits per heavy atom. The third-order valence-electron chi connectivity index (χ3n) is 2.32. The van der Waals surface area contributed by atoms with Crippen LogP contribution in [0.2, 0.25) is 0 Å². The van der Waals surface area contributed by atoms with Crippen LogP contribution in [0.15, 0.2) is 0 Å². The van der Waals surface area contributed by atoms with E-state index >= 15 is 0 Å². The van der Waals surface area contributed by atoms with E-state index in [1.807, 2.05) is 20.8 Å². The van der Waals surface area contributed by atoms with Gasteiger partial charge in [0, 0.05) is 12.6 Å². The first kappa shape index (κ1) is 16.2. The zero-order chi connectivity index (χ0) is 14.3. The van der Waals surface area contributed by atoms with Crippen molar-refractivity contribution in [2.45, 2.75) is 45.7 Å². The Hall–Kier alpha value is -1.79. The van der Waals surface area contributed by atoms with Gasteiger partial charge in [0.05, 0.1) is 6.42 Å². The molecule has 0 aliphatic carbocycles. The molecule has 0 fully saturated rings. The largest absolute Gasteiger partial charge is 0.481 e. The second-order valence-corrected chi connectivity index (χ2v) is 4.23. The minimum atomic E-state index is -1.41. The van der Waals surface area contributed by atoms with E-state index in [4.69, 9.17) is 10.2 Å². The second kappa shape index (κ2) is 7.52. The molecule has 18 heavy (non-hydrogen) atoms. The van der Waals surface area contributed by atoms with Crippen LogP contribution < -0.4 is 5.32 Å².